The van der Waals surface area contributed by atoms with Gasteiger partial charge in [0.25, 0.3) is 0 Å². The Labute approximate surface area is 115 Å². The number of nitrogens with zero attached hydrogens (tertiary/aromatic N) is 1. The molecule has 2 rings (SSSR count). The minimum atomic E-state index is -0.193. The highest BCUT2D eigenvalue weighted by Crippen LogP contribution is 2.47. The van der Waals surface area contributed by atoms with E-state index >= 15 is 0 Å². The van der Waals surface area contributed by atoms with E-state index in [0.29, 0.717) is 6.54 Å². The quantitative estimate of drug-likeness (QED) is 0.904. The Bertz CT molecular complexity index is 427. The molecule has 19 heavy (non-hydrogen) atoms. The summed E-state index contributed by atoms with van der Waals surface area (Å²) in [6.45, 7) is 5.24. The molecule has 106 valence electrons. The van der Waals surface area contributed by atoms with Crippen molar-refractivity contribution in [2.75, 3.05) is 18.5 Å². The highest BCUT2D eigenvalue weighted by atomic mass is 19.1. The van der Waals surface area contributed by atoms with Crippen molar-refractivity contribution in [3.8, 4) is 0 Å². The molecule has 0 spiro atoms. The summed E-state index contributed by atoms with van der Waals surface area (Å²) in [5.41, 5.74) is 7.34. The van der Waals surface area contributed by atoms with Gasteiger partial charge in [0.2, 0.25) is 0 Å². The fourth-order valence-electron chi connectivity index (χ4n) is 3.60. The van der Waals surface area contributed by atoms with Gasteiger partial charge in [0.05, 0.1) is 5.54 Å². The topological polar surface area (TPSA) is 29.3 Å². The summed E-state index contributed by atoms with van der Waals surface area (Å²) < 4.78 is 13.1. The van der Waals surface area contributed by atoms with Crippen molar-refractivity contribution in [3.63, 3.8) is 0 Å². The standard InChI is InChI=1S/C16H25FN2/c1-15(2)10-4-5-11-16(15,12-18)19(3)14-8-6-13(17)7-9-14/h6-9H,4-5,10-12,18H2,1-3H3. The maximum Gasteiger partial charge on any atom is 0.123 e. The van der Waals surface area contributed by atoms with Crippen LogP contribution < -0.4 is 10.6 Å². The lowest BCUT2D eigenvalue weighted by molar-refractivity contribution is 0.101. The molecule has 1 aliphatic carbocycles. The van der Waals surface area contributed by atoms with Gasteiger partial charge < -0.3 is 10.6 Å². The molecule has 1 aliphatic rings. The number of nitrogens with two attached hydrogens (primary N) is 1. The highest BCUT2D eigenvalue weighted by molar-refractivity contribution is 5.49. The Hall–Kier alpha value is -1.09. The zero-order valence-corrected chi connectivity index (χ0v) is 12.2. The first-order chi connectivity index (χ1) is 8.93. The summed E-state index contributed by atoms with van der Waals surface area (Å²) in [5.74, 6) is -0.193. The van der Waals surface area contributed by atoms with E-state index in [1.54, 1.807) is 0 Å². The van der Waals surface area contributed by atoms with Gasteiger partial charge in [0, 0.05) is 19.3 Å². The third-order valence-electron chi connectivity index (χ3n) is 5.10. The van der Waals surface area contributed by atoms with E-state index in [1.165, 1.54) is 31.4 Å². The van der Waals surface area contributed by atoms with Gasteiger partial charge in [-0.15, -0.1) is 0 Å². The molecule has 0 saturated heterocycles. The van der Waals surface area contributed by atoms with E-state index in [4.69, 9.17) is 5.73 Å². The number of hydrogen-bond donors (Lipinski definition) is 1. The van der Waals surface area contributed by atoms with Crippen LogP contribution in [0, 0.1) is 11.2 Å². The second kappa shape index (κ2) is 5.12. The van der Waals surface area contributed by atoms with Gasteiger partial charge in [0.15, 0.2) is 0 Å². The Morgan fingerprint density at radius 1 is 1.16 bits per heavy atom. The van der Waals surface area contributed by atoms with Gasteiger partial charge in [-0.05, 0) is 42.5 Å². The SMILES string of the molecule is CN(c1ccc(F)cc1)C1(CN)CCCCC1(C)C. The summed E-state index contributed by atoms with van der Waals surface area (Å²) in [4.78, 5) is 2.27. The Balaban J connectivity index is 2.37. The van der Waals surface area contributed by atoms with Gasteiger partial charge in [-0.3, -0.25) is 0 Å². The smallest absolute Gasteiger partial charge is 0.123 e. The largest absolute Gasteiger partial charge is 0.367 e. The number of benzene rings is 1. The molecule has 0 aliphatic heterocycles. The summed E-state index contributed by atoms with van der Waals surface area (Å²) in [6.07, 6.45) is 4.78. The predicted octanol–water partition coefficient (Wildman–Crippen LogP) is 3.56. The van der Waals surface area contributed by atoms with Crippen molar-refractivity contribution in [1.82, 2.24) is 0 Å². The summed E-state index contributed by atoms with van der Waals surface area (Å²) in [5, 5.41) is 0. The van der Waals surface area contributed by atoms with Crippen LogP contribution in [-0.4, -0.2) is 19.1 Å². The van der Waals surface area contributed by atoms with Crippen LogP contribution in [0.25, 0.3) is 0 Å². The first-order valence-electron chi connectivity index (χ1n) is 7.12. The molecule has 1 unspecified atom stereocenters. The minimum Gasteiger partial charge on any atom is -0.367 e. The Morgan fingerprint density at radius 3 is 2.26 bits per heavy atom. The third kappa shape index (κ3) is 2.36. The van der Waals surface area contributed by atoms with Gasteiger partial charge in [-0.1, -0.05) is 26.7 Å². The van der Waals surface area contributed by atoms with Crippen LogP contribution in [0.2, 0.25) is 0 Å². The average molecular weight is 264 g/mol. The summed E-state index contributed by atoms with van der Waals surface area (Å²) >= 11 is 0. The second-order valence-corrected chi connectivity index (χ2v) is 6.36. The molecule has 1 aromatic rings. The first-order valence-corrected chi connectivity index (χ1v) is 7.12. The van der Waals surface area contributed by atoms with Crippen LogP contribution in [0.4, 0.5) is 10.1 Å². The van der Waals surface area contributed by atoms with Crippen LogP contribution in [0.1, 0.15) is 39.5 Å². The summed E-state index contributed by atoms with van der Waals surface area (Å²) in [7, 11) is 2.09. The lowest BCUT2D eigenvalue weighted by Gasteiger charge is -2.55. The van der Waals surface area contributed by atoms with E-state index in [1.807, 2.05) is 12.1 Å². The van der Waals surface area contributed by atoms with Crippen molar-refractivity contribution >= 4 is 5.69 Å². The monoisotopic (exact) mass is 264 g/mol. The van der Waals surface area contributed by atoms with Crippen LogP contribution in [-0.2, 0) is 0 Å². The number of rotatable bonds is 3. The summed E-state index contributed by atoms with van der Waals surface area (Å²) in [6, 6.07) is 6.73. The molecule has 2 N–H and O–H groups in total. The second-order valence-electron chi connectivity index (χ2n) is 6.36. The van der Waals surface area contributed by atoms with Gasteiger partial charge in [-0.2, -0.15) is 0 Å². The normalized spacial score (nSPS) is 26.2. The van der Waals surface area contributed by atoms with Crippen LogP contribution >= 0.6 is 0 Å². The molecule has 1 saturated carbocycles. The number of halogens is 1. The molecule has 0 amide bonds. The molecule has 1 fully saturated rings. The van der Waals surface area contributed by atoms with Crippen molar-refractivity contribution < 1.29 is 4.39 Å². The molecule has 0 heterocycles. The lowest BCUT2D eigenvalue weighted by atomic mass is 9.62. The Kier molecular flexibility index (Phi) is 3.86. The van der Waals surface area contributed by atoms with E-state index in [9.17, 15) is 4.39 Å². The Morgan fingerprint density at radius 2 is 1.74 bits per heavy atom. The molecule has 2 nitrogen and oxygen atoms in total. The zero-order valence-electron chi connectivity index (χ0n) is 12.2. The van der Waals surface area contributed by atoms with Gasteiger partial charge in [0.1, 0.15) is 5.82 Å². The molecule has 1 atom stereocenters. The molecular weight excluding hydrogens is 239 g/mol. The molecule has 1 aromatic carbocycles. The van der Waals surface area contributed by atoms with E-state index < -0.39 is 0 Å². The van der Waals surface area contributed by atoms with E-state index in [0.717, 1.165) is 12.1 Å². The van der Waals surface area contributed by atoms with Crippen molar-refractivity contribution in [2.24, 2.45) is 11.1 Å². The molecule has 0 aromatic heterocycles. The number of anilines is 1. The zero-order chi connectivity index (χ0) is 14.1. The van der Waals surface area contributed by atoms with Crippen LogP contribution in [0.5, 0.6) is 0 Å². The van der Waals surface area contributed by atoms with Crippen LogP contribution in [0.15, 0.2) is 24.3 Å². The molecular formula is C16H25FN2. The van der Waals surface area contributed by atoms with Crippen molar-refractivity contribution in [3.05, 3.63) is 30.1 Å². The number of likely N-dealkylation sites (N-methyl/N-ethyl adjacent to an activating group) is 1. The van der Waals surface area contributed by atoms with Gasteiger partial charge >= 0.3 is 0 Å². The predicted molar refractivity (Wildman–Crippen MR) is 78.8 cm³/mol. The number of hydrogen-bond acceptors (Lipinski definition) is 2. The van der Waals surface area contributed by atoms with Crippen LogP contribution in [0.3, 0.4) is 0 Å². The lowest BCUT2D eigenvalue weighted by Crippen LogP contribution is -2.63. The van der Waals surface area contributed by atoms with Gasteiger partial charge in [-0.25, -0.2) is 4.39 Å². The highest BCUT2D eigenvalue weighted by Gasteiger charge is 2.48. The molecule has 0 bridgehead atoms. The minimum absolute atomic E-state index is 0.0386. The average Bonchev–Trinajstić information content (AvgIpc) is 2.39. The van der Waals surface area contributed by atoms with Crippen molar-refractivity contribution in [2.45, 2.75) is 45.1 Å². The first kappa shape index (κ1) is 14.3. The van der Waals surface area contributed by atoms with E-state index in [2.05, 4.69) is 25.8 Å². The maximum absolute atomic E-state index is 13.1. The van der Waals surface area contributed by atoms with E-state index in [-0.39, 0.29) is 16.8 Å². The molecule has 3 heteroatoms. The van der Waals surface area contributed by atoms with Crippen molar-refractivity contribution in [1.29, 1.82) is 0 Å². The fraction of sp³-hybridized carbons (Fsp3) is 0.625. The maximum atomic E-state index is 13.1. The fourth-order valence-corrected chi connectivity index (χ4v) is 3.60. The third-order valence-corrected chi connectivity index (χ3v) is 5.10. The molecule has 0 radical (unpaired) electrons.